The molecule has 1 heterocycles. The van der Waals surface area contributed by atoms with E-state index in [-0.39, 0.29) is 6.04 Å². The van der Waals surface area contributed by atoms with Crippen LogP contribution in [0.15, 0.2) is 54.2 Å². The Morgan fingerprint density at radius 2 is 2.00 bits per heavy atom. The molecule has 3 heteroatoms. The molecule has 0 saturated carbocycles. The van der Waals surface area contributed by atoms with Gasteiger partial charge >= 0.3 is 0 Å². The summed E-state index contributed by atoms with van der Waals surface area (Å²) in [5.74, 6) is 0. The van der Waals surface area contributed by atoms with Crippen molar-refractivity contribution >= 4 is 22.1 Å². The Hall–Kier alpha value is -1.71. The van der Waals surface area contributed by atoms with Gasteiger partial charge < -0.3 is 5.32 Å². The van der Waals surface area contributed by atoms with Gasteiger partial charge in [-0.15, -0.1) is 11.3 Å². The van der Waals surface area contributed by atoms with E-state index >= 15 is 0 Å². The Morgan fingerprint density at radius 1 is 1.16 bits per heavy atom. The lowest BCUT2D eigenvalue weighted by Crippen LogP contribution is -2.21. The quantitative estimate of drug-likeness (QED) is 0.773. The lowest BCUT2D eigenvalue weighted by Gasteiger charge is -2.17. The highest BCUT2D eigenvalue weighted by atomic mass is 32.1. The molecule has 3 rings (SSSR count). The number of hydrogen-bond acceptors (Lipinski definition) is 3. The number of thiazole rings is 1. The first-order valence-corrected chi connectivity index (χ1v) is 7.37. The first-order valence-electron chi connectivity index (χ1n) is 6.49. The topological polar surface area (TPSA) is 24.9 Å². The van der Waals surface area contributed by atoms with E-state index in [0.717, 1.165) is 6.54 Å². The number of nitrogens with one attached hydrogen (secondary N) is 1. The van der Waals surface area contributed by atoms with Crippen molar-refractivity contribution in [1.29, 1.82) is 0 Å². The molecular weight excluding hydrogens is 252 g/mol. The third-order valence-corrected chi connectivity index (χ3v) is 4.09. The standard InChI is InChI=1S/C16H16N2S/c1-2-18-16(15-10-17-11-19-15)14-8-7-12-5-3-4-6-13(12)9-14/h3-11,16,18H,2H2,1H3. The van der Waals surface area contributed by atoms with Gasteiger partial charge in [0.05, 0.1) is 11.6 Å². The molecule has 2 aromatic carbocycles. The molecule has 0 fully saturated rings. The first kappa shape index (κ1) is 12.3. The van der Waals surface area contributed by atoms with Crippen molar-refractivity contribution < 1.29 is 0 Å². The van der Waals surface area contributed by atoms with Crippen LogP contribution >= 0.6 is 11.3 Å². The molecule has 1 atom stereocenters. The highest BCUT2D eigenvalue weighted by Gasteiger charge is 2.14. The molecule has 96 valence electrons. The van der Waals surface area contributed by atoms with Crippen LogP contribution in [0.3, 0.4) is 0 Å². The van der Waals surface area contributed by atoms with Crippen LogP contribution in [0.2, 0.25) is 0 Å². The van der Waals surface area contributed by atoms with Crippen LogP contribution in [0, 0.1) is 0 Å². The summed E-state index contributed by atoms with van der Waals surface area (Å²) in [6, 6.07) is 15.4. The number of fused-ring (bicyclic) bond motifs is 1. The monoisotopic (exact) mass is 268 g/mol. The number of aromatic nitrogens is 1. The number of nitrogens with zero attached hydrogens (tertiary/aromatic N) is 1. The zero-order valence-electron chi connectivity index (χ0n) is 10.8. The third-order valence-electron chi connectivity index (χ3n) is 3.25. The Kier molecular flexibility index (Phi) is 3.58. The fourth-order valence-corrected chi connectivity index (χ4v) is 3.06. The number of benzene rings is 2. The van der Waals surface area contributed by atoms with Crippen molar-refractivity contribution in [2.75, 3.05) is 6.54 Å². The molecule has 0 amide bonds. The molecule has 0 aliphatic rings. The Morgan fingerprint density at radius 3 is 2.74 bits per heavy atom. The molecule has 0 radical (unpaired) electrons. The number of hydrogen-bond donors (Lipinski definition) is 1. The molecular formula is C16H16N2S. The van der Waals surface area contributed by atoms with E-state index < -0.39 is 0 Å². The van der Waals surface area contributed by atoms with Crippen LogP contribution in [-0.4, -0.2) is 11.5 Å². The summed E-state index contributed by atoms with van der Waals surface area (Å²) in [4.78, 5) is 5.45. The molecule has 1 N–H and O–H groups in total. The second kappa shape index (κ2) is 5.51. The van der Waals surface area contributed by atoms with Crippen molar-refractivity contribution in [3.8, 4) is 0 Å². The van der Waals surface area contributed by atoms with Gasteiger partial charge in [0.2, 0.25) is 0 Å². The zero-order valence-corrected chi connectivity index (χ0v) is 11.7. The summed E-state index contributed by atoms with van der Waals surface area (Å²) in [6.07, 6.45) is 1.95. The van der Waals surface area contributed by atoms with Gasteiger partial charge in [-0.2, -0.15) is 0 Å². The molecule has 1 aromatic heterocycles. The first-order chi connectivity index (χ1) is 9.38. The summed E-state index contributed by atoms with van der Waals surface area (Å²) in [5.41, 5.74) is 3.19. The lowest BCUT2D eigenvalue weighted by molar-refractivity contribution is 0.639. The second-order valence-corrected chi connectivity index (χ2v) is 5.42. The maximum Gasteiger partial charge on any atom is 0.0794 e. The Labute approximate surface area is 117 Å². The van der Waals surface area contributed by atoms with Gasteiger partial charge in [0.25, 0.3) is 0 Å². The van der Waals surface area contributed by atoms with Crippen molar-refractivity contribution in [3.05, 3.63) is 64.6 Å². The van der Waals surface area contributed by atoms with E-state index in [4.69, 9.17) is 0 Å². The Bertz CT molecular complexity index is 661. The van der Waals surface area contributed by atoms with Crippen molar-refractivity contribution in [2.45, 2.75) is 13.0 Å². The van der Waals surface area contributed by atoms with E-state index in [1.165, 1.54) is 21.2 Å². The molecule has 0 aliphatic carbocycles. The van der Waals surface area contributed by atoms with Gasteiger partial charge in [-0.3, -0.25) is 4.98 Å². The minimum Gasteiger partial charge on any atom is -0.306 e. The van der Waals surface area contributed by atoms with Crippen LogP contribution in [0.1, 0.15) is 23.4 Å². The van der Waals surface area contributed by atoms with E-state index in [1.54, 1.807) is 11.3 Å². The highest BCUT2D eigenvalue weighted by molar-refractivity contribution is 7.09. The van der Waals surface area contributed by atoms with Crippen LogP contribution < -0.4 is 5.32 Å². The van der Waals surface area contributed by atoms with Crippen LogP contribution in [0.5, 0.6) is 0 Å². The molecule has 19 heavy (non-hydrogen) atoms. The molecule has 0 spiro atoms. The average Bonchev–Trinajstić information content (AvgIpc) is 2.98. The van der Waals surface area contributed by atoms with E-state index in [2.05, 4.69) is 59.7 Å². The molecule has 3 aromatic rings. The van der Waals surface area contributed by atoms with Crippen LogP contribution in [0.25, 0.3) is 10.8 Å². The smallest absolute Gasteiger partial charge is 0.0794 e. The van der Waals surface area contributed by atoms with Gasteiger partial charge in [0.1, 0.15) is 0 Å². The Balaban J connectivity index is 2.05. The zero-order chi connectivity index (χ0) is 13.1. The predicted molar refractivity (Wildman–Crippen MR) is 81.6 cm³/mol. The largest absolute Gasteiger partial charge is 0.306 e. The van der Waals surface area contributed by atoms with E-state index in [0.29, 0.717) is 0 Å². The molecule has 1 unspecified atom stereocenters. The predicted octanol–water partition coefficient (Wildman–Crippen LogP) is 4.00. The maximum atomic E-state index is 4.19. The minimum atomic E-state index is 0.238. The fraction of sp³-hybridized carbons (Fsp3) is 0.188. The summed E-state index contributed by atoms with van der Waals surface area (Å²) < 4.78 is 0. The SMILES string of the molecule is CCNC(c1ccc2ccccc2c1)c1cncs1. The van der Waals surface area contributed by atoms with Gasteiger partial charge in [-0.25, -0.2) is 0 Å². The van der Waals surface area contributed by atoms with E-state index in [1.807, 2.05) is 11.7 Å². The fourth-order valence-electron chi connectivity index (χ4n) is 2.34. The van der Waals surface area contributed by atoms with Gasteiger partial charge in [-0.1, -0.05) is 43.3 Å². The summed E-state index contributed by atoms with van der Waals surface area (Å²) in [7, 11) is 0. The summed E-state index contributed by atoms with van der Waals surface area (Å²) >= 11 is 1.70. The minimum absolute atomic E-state index is 0.238. The molecule has 0 saturated heterocycles. The van der Waals surface area contributed by atoms with E-state index in [9.17, 15) is 0 Å². The van der Waals surface area contributed by atoms with Crippen LogP contribution in [-0.2, 0) is 0 Å². The van der Waals surface area contributed by atoms with Gasteiger partial charge in [0.15, 0.2) is 0 Å². The average molecular weight is 268 g/mol. The molecule has 0 aliphatic heterocycles. The summed E-state index contributed by atoms with van der Waals surface area (Å²) in [6.45, 7) is 3.07. The molecule has 2 nitrogen and oxygen atoms in total. The third kappa shape index (κ3) is 2.53. The normalized spacial score (nSPS) is 12.7. The highest BCUT2D eigenvalue weighted by Crippen LogP contribution is 2.27. The maximum absolute atomic E-state index is 4.19. The van der Waals surface area contributed by atoms with Crippen molar-refractivity contribution in [3.63, 3.8) is 0 Å². The van der Waals surface area contributed by atoms with Gasteiger partial charge in [0, 0.05) is 11.1 Å². The van der Waals surface area contributed by atoms with Crippen molar-refractivity contribution in [1.82, 2.24) is 10.3 Å². The summed E-state index contributed by atoms with van der Waals surface area (Å²) in [5, 5.41) is 6.10. The van der Waals surface area contributed by atoms with Crippen LogP contribution in [0.4, 0.5) is 0 Å². The second-order valence-electron chi connectivity index (χ2n) is 4.50. The molecule has 0 bridgehead atoms. The number of rotatable bonds is 4. The lowest BCUT2D eigenvalue weighted by atomic mass is 10.0. The van der Waals surface area contributed by atoms with Crippen molar-refractivity contribution in [2.24, 2.45) is 0 Å². The van der Waals surface area contributed by atoms with Gasteiger partial charge in [-0.05, 0) is 28.9 Å².